The fourth-order valence-corrected chi connectivity index (χ4v) is 10.2. The summed E-state index contributed by atoms with van der Waals surface area (Å²) in [5, 5.41) is 9.32. The molecular formula is C49H59N4O8P. The van der Waals surface area contributed by atoms with E-state index < -0.39 is 14.1 Å². The van der Waals surface area contributed by atoms with Gasteiger partial charge in [0.25, 0.3) is 20.3 Å². The van der Waals surface area contributed by atoms with Crippen LogP contribution in [0.3, 0.4) is 0 Å². The number of ether oxygens (including phenoxy) is 3. The molecule has 4 aromatic rings. The predicted octanol–water partition coefficient (Wildman–Crippen LogP) is 9.13. The van der Waals surface area contributed by atoms with E-state index in [1.54, 1.807) is 38.5 Å². The lowest BCUT2D eigenvalue weighted by molar-refractivity contribution is -0.134. The van der Waals surface area contributed by atoms with Crippen LogP contribution < -0.4 is 9.47 Å². The van der Waals surface area contributed by atoms with Gasteiger partial charge in [-0.15, -0.1) is 0 Å². The number of likely N-dealkylation sites (tertiary alicyclic amines) is 1. The van der Waals surface area contributed by atoms with Crippen LogP contribution in [0.4, 0.5) is 0 Å². The van der Waals surface area contributed by atoms with Gasteiger partial charge in [0.1, 0.15) is 17.1 Å². The van der Waals surface area contributed by atoms with Crippen molar-refractivity contribution in [3.05, 3.63) is 131 Å². The van der Waals surface area contributed by atoms with Crippen molar-refractivity contribution in [1.82, 2.24) is 14.5 Å². The summed E-state index contributed by atoms with van der Waals surface area (Å²) >= 11 is 0. The van der Waals surface area contributed by atoms with E-state index in [9.17, 15) is 19.6 Å². The van der Waals surface area contributed by atoms with Gasteiger partial charge in [-0.3, -0.25) is 19.3 Å². The quantitative estimate of drug-likeness (QED) is 0.0326. The molecule has 3 amide bonds. The number of nitrogens with zero attached hydrogens (tertiary/aromatic N) is 4. The first-order valence-electron chi connectivity index (χ1n) is 21.5. The van der Waals surface area contributed by atoms with Crippen LogP contribution in [0, 0.1) is 11.3 Å². The van der Waals surface area contributed by atoms with Crippen LogP contribution in [-0.4, -0.2) is 96.9 Å². The Morgan fingerprint density at radius 1 is 0.790 bits per heavy atom. The summed E-state index contributed by atoms with van der Waals surface area (Å²) < 4.78 is 33.8. The molecule has 1 saturated heterocycles. The van der Waals surface area contributed by atoms with Gasteiger partial charge in [-0.2, -0.15) is 5.26 Å². The van der Waals surface area contributed by atoms with Gasteiger partial charge in [0.2, 0.25) is 5.91 Å². The third-order valence-electron chi connectivity index (χ3n) is 11.4. The van der Waals surface area contributed by atoms with Crippen molar-refractivity contribution in [1.29, 1.82) is 5.26 Å². The van der Waals surface area contributed by atoms with Gasteiger partial charge < -0.3 is 28.2 Å². The number of methoxy groups -OCH3 is 2. The minimum Gasteiger partial charge on any atom is -0.497 e. The number of hydrogen-bond acceptors (Lipinski definition) is 10. The van der Waals surface area contributed by atoms with Crippen molar-refractivity contribution in [2.45, 2.75) is 96.1 Å². The Morgan fingerprint density at radius 3 is 1.87 bits per heavy atom. The maximum absolute atomic E-state index is 14.4. The highest BCUT2D eigenvalue weighted by Gasteiger charge is 2.43. The lowest BCUT2D eigenvalue weighted by Crippen LogP contribution is -2.42. The van der Waals surface area contributed by atoms with Crippen LogP contribution in [0.1, 0.15) is 104 Å². The summed E-state index contributed by atoms with van der Waals surface area (Å²) in [4.78, 5) is 43.5. The second kappa shape index (κ2) is 21.8. The summed E-state index contributed by atoms with van der Waals surface area (Å²) in [5.74, 6) is 0.866. The van der Waals surface area contributed by atoms with Crippen molar-refractivity contribution in [3.8, 4) is 17.6 Å². The van der Waals surface area contributed by atoms with Crippen LogP contribution in [0.15, 0.2) is 103 Å². The Hall–Kier alpha value is -5.15. The second-order valence-electron chi connectivity index (χ2n) is 16.1. The molecule has 12 nitrogen and oxygen atoms in total. The molecule has 0 saturated carbocycles. The minimum atomic E-state index is -1.56. The summed E-state index contributed by atoms with van der Waals surface area (Å²) in [6, 6.07) is 34.8. The monoisotopic (exact) mass is 862 g/mol. The Kier molecular flexibility index (Phi) is 16.3. The third kappa shape index (κ3) is 10.5. The van der Waals surface area contributed by atoms with Crippen LogP contribution in [0.5, 0.6) is 11.5 Å². The van der Waals surface area contributed by atoms with Crippen molar-refractivity contribution < 1.29 is 37.6 Å². The molecule has 3 atom stereocenters. The first-order chi connectivity index (χ1) is 30.0. The van der Waals surface area contributed by atoms with E-state index in [1.807, 2.05) is 71.6 Å². The highest BCUT2D eigenvalue weighted by molar-refractivity contribution is 7.44. The van der Waals surface area contributed by atoms with Crippen molar-refractivity contribution in [2.75, 3.05) is 40.5 Å². The molecule has 0 radical (unpaired) electrons. The molecule has 0 aromatic heterocycles. The molecule has 1 fully saturated rings. The molecule has 328 valence electrons. The predicted molar refractivity (Wildman–Crippen MR) is 239 cm³/mol. The summed E-state index contributed by atoms with van der Waals surface area (Å²) in [6.07, 6.45) is 2.50. The molecular weight excluding hydrogens is 804 g/mol. The van der Waals surface area contributed by atoms with Gasteiger partial charge in [0.05, 0.1) is 63.2 Å². The molecule has 2 unspecified atom stereocenters. The average molecular weight is 863 g/mol. The molecule has 62 heavy (non-hydrogen) atoms. The van der Waals surface area contributed by atoms with Crippen molar-refractivity contribution in [2.24, 2.45) is 0 Å². The molecule has 0 aliphatic carbocycles. The van der Waals surface area contributed by atoms with Crippen molar-refractivity contribution >= 4 is 26.2 Å². The van der Waals surface area contributed by atoms with Crippen LogP contribution in [-0.2, 0) is 24.2 Å². The van der Waals surface area contributed by atoms with E-state index in [2.05, 4.69) is 50.6 Å². The summed E-state index contributed by atoms with van der Waals surface area (Å²) in [6.45, 7) is 9.47. The number of unbranched alkanes of at least 4 members (excludes halogenated alkanes) is 2. The molecule has 0 spiro atoms. The Labute approximate surface area is 367 Å². The average Bonchev–Trinajstić information content (AvgIpc) is 3.80. The minimum absolute atomic E-state index is 0.0241. The SMILES string of the molecule is COc1ccc(C(OCC2C[C@@H](OP(OCCC#N)N(C(C)C)C(C)C)CN2C(=O)CCCCCN2C(=O)c3ccccc3C2=O)(c2ccccc2)c2ccc(OC)cc2)cc1. The number of amides is 3. The molecule has 6 rings (SSSR count). The maximum atomic E-state index is 14.4. The van der Waals surface area contributed by atoms with Crippen LogP contribution in [0.25, 0.3) is 0 Å². The lowest BCUT2D eigenvalue weighted by atomic mass is 9.80. The number of fused-ring (bicyclic) bond motifs is 1. The molecule has 0 bridgehead atoms. The zero-order valence-corrected chi connectivity index (χ0v) is 37.6. The molecule has 2 aliphatic heterocycles. The van der Waals surface area contributed by atoms with Gasteiger partial charge in [-0.25, -0.2) is 4.67 Å². The smallest absolute Gasteiger partial charge is 0.261 e. The summed E-state index contributed by atoms with van der Waals surface area (Å²) in [5.41, 5.74) is 2.47. The first-order valence-corrected chi connectivity index (χ1v) is 22.6. The van der Waals surface area contributed by atoms with E-state index >= 15 is 0 Å². The van der Waals surface area contributed by atoms with E-state index in [1.165, 1.54) is 4.90 Å². The Balaban J connectivity index is 1.26. The fourth-order valence-electron chi connectivity index (χ4n) is 8.44. The number of rotatable bonds is 22. The maximum Gasteiger partial charge on any atom is 0.261 e. The normalized spacial score (nSPS) is 16.9. The highest BCUT2D eigenvalue weighted by atomic mass is 31.2. The number of carbonyl (C=O) groups excluding carboxylic acids is 3. The molecule has 2 aliphatic rings. The number of nitriles is 1. The highest BCUT2D eigenvalue weighted by Crippen LogP contribution is 2.49. The van der Waals surface area contributed by atoms with Gasteiger partial charge in [0.15, 0.2) is 0 Å². The molecule has 13 heteroatoms. The van der Waals surface area contributed by atoms with Crippen molar-refractivity contribution in [3.63, 3.8) is 0 Å². The van der Waals surface area contributed by atoms with E-state index in [4.69, 9.17) is 23.3 Å². The number of imide groups is 1. The van der Waals surface area contributed by atoms with Crippen LogP contribution in [0.2, 0.25) is 0 Å². The number of hydrogen-bond donors (Lipinski definition) is 0. The lowest BCUT2D eigenvalue weighted by Gasteiger charge is -2.38. The van der Waals surface area contributed by atoms with Gasteiger partial charge in [0, 0.05) is 31.6 Å². The molecule has 0 N–H and O–H groups in total. The zero-order chi connectivity index (χ0) is 44.2. The number of carbonyl (C=O) groups is 3. The Morgan fingerprint density at radius 2 is 1.34 bits per heavy atom. The van der Waals surface area contributed by atoms with Gasteiger partial charge in [-0.05, 0) is 100 Å². The van der Waals surface area contributed by atoms with Crippen LogP contribution >= 0.6 is 8.53 Å². The second-order valence-corrected chi connectivity index (χ2v) is 17.5. The van der Waals surface area contributed by atoms with Gasteiger partial charge in [-0.1, -0.05) is 73.2 Å². The summed E-state index contributed by atoms with van der Waals surface area (Å²) in [7, 11) is 1.72. The first kappa shape index (κ1) is 46.4. The molecule has 4 aromatic carbocycles. The zero-order valence-electron chi connectivity index (χ0n) is 36.7. The largest absolute Gasteiger partial charge is 0.497 e. The standard InChI is InChI=1S/C49H59N4O8P/c1-35(2)53(36(3)4)62(60-31-15-29-50)61-43-32-40(52(33-43)46(54)20-11-8-14-30-51-47(55)44-18-12-13-19-45(44)48(51)56)34-59-49(37-16-9-7-10-17-37,38-21-25-41(57-5)26-22-38)39-23-27-42(58-6)28-24-39/h7,9-10,12-13,16-19,21-28,35-36,40,43H,8,11,14-15,20,30-34H2,1-6H3/t40?,43-,62?/m1/s1. The third-order valence-corrected chi connectivity index (χ3v) is 13.6. The van der Waals surface area contributed by atoms with E-state index in [-0.39, 0.29) is 68.0 Å². The van der Waals surface area contributed by atoms with E-state index in [0.717, 1.165) is 16.7 Å². The molecule has 2 heterocycles. The van der Waals surface area contributed by atoms with Gasteiger partial charge >= 0.3 is 0 Å². The topological polar surface area (TPSA) is 131 Å². The van der Waals surface area contributed by atoms with E-state index in [0.29, 0.717) is 61.4 Å². The Bertz CT molecular complexity index is 2050. The fraction of sp³-hybridized carbons (Fsp3) is 0.429. The number of benzene rings is 4.